The van der Waals surface area contributed by atoms with Gasteiger partial charge in [0.2, 0.25) is 0 Å². The lowest BCUT2D eigenvalue weighted by Gasteiger charge is -2.27. The van der Waals surface area contributed by atoms with E-state index in [1.165, 1.54) is 20.0 Å². The van der Waals surface area contributed by atoms with E-state index in [-0.39, 0.29) is 11.8 Å². The van der Waals surface area contributed by atoms with Crippen molar-refractivity contribution in [3.05, 3.63) is 44.2 Å². The minimum atomic E-state index is -0.914. The van der Waals surface area contributed by atoms with Gasteiger partial charge in [-0.1, -0.05) is 22.0 Å². The van der Waals surface area contributed by atoms with Crippen LogP contribution in [0, 0.1) is 10.1 Å². The van der Waals surface area contributed by atoms with E-state index >= 15 is 0 Å². The predicted molar refractivity (Wildman–Crippen MR) is 111 cm³/mol. The molecule has 1 heterocycles. The summed E-state index contributed by atoms with van der Waals surface area (Å²) in [5, 5.41) is 16.3. The molecular weight excluding hydrogens is 446 g/mol. The van der Waals surface area contributed by atoms with Crippen LogP contribution in [-0.2, 0) is 9.53 Å². The maximum absolute atomic E-state index is 12.6. The van der Waals surface area contributed by atoms with Crippen molar-refractivity contribution in [1.29, 1.82) is 0 Å². The molecule has 1 aromatic carbocycles. The molecule has 0 fully saturated rings. The number of nitro groups is 1. The molecule has 2 amide bonds. The van der Waals surface area contributed by atoms with Crippen molar-refractivity contribution in [2.24, 2.45) is 4.99 Å². The van der Waals surface area contributed by atoms with Gasteiger partial charge in [0.05, 0.1) is 5.69 Å². The van der Waals surface area contributed by atoms with Crippen molar-refractivity contribution in [1.82, 2.24) is 15.5 Å². The van der Waals surface area contributed by atoms with E-state index in [0.717, 1.165) is 4.90 Å². The average Bonchev–Trinajstić information content (AvgIpc) is 2.79. The first-order chi connectivity index (χ1) is 13.4. The van der Waals surface area contributed by atoms with Crippen molar-refractivity contribution >= 4 is 45.7 Å². The monoisotopic (exact) mass is 467 g/mol. The minimum Gasteiger partial charge on any atom is -0.444 e. The van der Waals surface area contributed by atoms with E-state index in [4.69, 9.17) is 4.74 Å². The zero-order valence-corrected chi connectivity index (χ0v) is 18.2. The molecule has 1 aliphatic rings. The number of fused-ring (bicyclic) bond motifs is 1. The maximum atomic E-state index is 12.6. The Hall–Kier alpha value is -2.95. The molecule has 11 heteroatoms. The van der Waals surface area contributed by atoms with Gasteiger partial charge in [0.15, 0.2) is 0 Å². The largest absolute Gasteiger partial charge is 0.444 e. The molecule has 0 radical (unpaired) electrons. The smallest absolute Gasteiger partial charge is 0.410 e. The molecule has 0 saturated heterocycles. The van der Waals surface area contributed by atoms with Crippen molar-refractivity contribution in [2.75, 3.05) is 7.05 Å². The van der Waals surface area contributed by atoms with Gasteiger partial charge >= 0.3 is 11.9 Å². The van der Waals surface area contributed by atoms with E-state index in [1.807, 2.05) is 0 Å². The number of likely N-dealkylation sites (N-methyl/N-ethyl adjacent to an activating group) is 1. The quantitative estimate of drug-likeness (QED) is 0.519. The van der Waals surface area contributed by atoms with Crippen LogP contribution >= 0.6 is 15.9 Å². The lowest BCUT2D eigenvalue weighted by molar-refractivity contribution is -0.428. The molecule has 0 saturated carbocycles. The van der Waals surface area contributed by atoms with Gasteiger partial charge in [-0.15, -0.1) is 0 Å². The fourth-order valence-corrected chi connectivity index (χ4v) is 2.73. The topological polar surface area (TPSA) is 126 Å². The number of hydrogen-bond donors (Lipinski definition) is 2. The van der Waals surface area contributed by atoms with Gasteiger partial charge in [-0.3, -0.25) is 15.0 Å². The van der Waals surface area contributed by atoms with Gasteiger partial charge in [-0.05, 0) is 44.8 Å². The Balaban J connectivity index is 2.24. The Morgan fingerprint density at radius 1 is 1.38 bits per heavy atom. The molecule has 156 valence electrons. The second-order valence-corrected chi connectivity index (χ2v) is 8.16. The number of amides is 2. The van der Waals surface area contributed by atoms with Crippen LogP contribution in [0.3, 0.4) is 0 Å². The summed E-state index contributed by atoms with van der Waals surface area (Å²) in [5.74, 6) is -1.08. The Morgan fingerprint density at radius 2 is 2.03 bits per heavy atom. The van der Waals surface area contributed by atoms with Crippen molar-refractivity contribution < 1.29 is 19.2 Å². The summed E-state index contributed by atoms with van der Waals surface area (Å²) >= 11 is 3.34. The Bertz CT molecular complexity index is 906. The van der Waals surface area contributed by atoms with Gasteiger partial charge < -0.3 is 14.9 Å². The Kier molecular flexibility index (Phi) is 6.62. The van der Waals surface area contributed by atoms with Gasteiger partial charge in [0, 0.05) is 23.2 Å². The van der Waals surface area contributed by atoms with Gasteiger partial charge in [-0.2, -0.15) is 4.99 Å². The highest BCUT2D eigenvalue weighted by Gasteiger charge is 2.29. The van der Waals surface area contributed by atoms with Crippen molar-refractivity contribution in [3.63, 3.8) is 0 Å². The molecule has 2 N–H and O–H groups in total. The highest BCUT2D eigenvalue weighted by molar-refractivity contribution is 9.10. The fraction of sp³-hybridized carbons (Fsp3) is 0.389. The molecule has 2 rings (SSSR count). The van der Waals surface area contributed by atoms with E-state index in [1.54, 1.807) is 39.0 Å². The predicted octanol–water partition coefficient (Wildman–Crippen LogP) is 2.99. The van der Waals surface area contributed by atoms with Crippen LogP contribution in [0.2, 0.25) is 0 Å². The normalized spacial score (nSPS) is 14.3. The first-order valence-electron chi connectivity index (χ1n) is 8.66. The number of ether oxygens (including phenoxy) is 1. The van der Waals surface area contributed by atoms with E-state index in [0.29, 0.717) is 15.7 Å². The summed E-state index contributed by atoms with van der Waals surface area (Å²) in [6.07, 6.45) is 0.647. The molecule has 10 nitrogen and oxygen atoms in total. The number of nitrogens with one attached hydrogen (secondary N) is 2. The summed E-state index contributed by atoms with van der Waals surface area (Å²) in [5.41, 5.74) is 0.207. The molecule has 1 aromatic rings. The highest BCUT2D eigenvalue weighted by atomic mass is 79.9. The summed E-state index contributed by atoms with van der Waals surface area (Å²) in [6.45, 7) is 6.66. The molecule has 0 spiro atoms. The Labute approximate surface area is 176 Å². The zero-order valence-electron chi connectivity index (χ0n) is 16.6. The first kappa shape index (κ1) is 22.3. The number of halogens is 1. The third kappa shape index (κ3) is 5.76. The molecule has 29 heavy (non-hydrogen) atoms. The second kappa shape index (κ2) is 8.60. The molecular formula is C18H22BrN5O5. The van der Waals surface area contributed by atoms with E-state index < -0.39 is 28.6 Å². The number of aliphatic imine (C=N–C) groups is 1. The molecule has 0 aromatic heterocycles. The van der Waals surface area contributed by atoms with Crippen molar-refractivity contribution in [2.45, 2.75) is 39.3 Å². The van der Waals surface area contributed by atoms with Crippen LogP contribution in [0.4, 0.5) is 10.5 Å². The number of benzene rings is 1. The molecule has 1 aliphatic heterocycles. The number of carbonyl (C=O) groups is 2. The van der Waals surface area contributed by atoms with Gasteiger partial charge in [-0.25, -0.2) is 10.1 Å². The summed E-state index contributed by atoms with van der Waals surface area (Å²) in [6, 6.07) is 4.19. The van der Waals surface area contributed by atoms with Crippen LogP contribution in [-0.4, -0.2) is 46.5 Å². The maximum Gasteiger partial charge on any atom is 0.410 e. The van der Waals surface area contributed by atoms with Crippen LogP contribution in [0.1, 0.15) is 33.3 Å². The van der Waals surface area contributed by atoms with E-state index in [9.17, 15) is 19.7 Å². The van der Waals surface area contributed by atoms with Gasteiger partial charge in [0.25, 0.3) is 11.9 Å². The molecule has 1 unspecified atom stereocenters. The Morgan fingerprint density at radius 3 is 2.62 bits per heavy atom. The number of carbonyl (C=O) groups excluding carboxylic acids is 2. The average molecular weight is 468 g/mol. The van der Waals surface area contributed by atoms with E-state index in [2.05, 4.69) is 31.6 Å². The van der Waals surface area contributed by atoms with Crippen LogP contribution in [0.15, 0.2) is 33.5 Å². The summed E-state index contributed by atoms with van der Waals surface area (Å²) < 4.78 is 5.86. The number of rotatable bonds is 3. The lowest BCUT2D eigenvalue weighted by atomic mass is 10.2. The first-order valence-corrected chi connectivity index (χ1v) is 9.45. The third-order valence-electron chi connectivity index (χ3n) is 3.87. The fourth-order valence-electron chi connectivity index (χ4n) is 2.26. The van der Waals surface area contributed by atoms with Crippen molar-refractivity contribution in [3.8, 4) is 0 Å². The SMILES string of the molecule is CC(C(=O)NC1=Nc2cccc(Br)c2C=C([N+](=O)[O-])N1)N(C)C(=O)OC(C)(C)C. The zero-order chi connectivity index (χ0) is 21.9. The lowest BCUT2D eigenvalue weighted by Crippen LogP contribution is -2.51. The number of guanidine groups is 1. The highest BCUT2D eigenvalue weighted by Crippen LogP contribution is 2.30. The van der Waals surface area contributed by atoms with Gasteiger partial charge in [0.1, 0.15) is 11.6 Å². The van der Waals surface area contributed by atoms with Crippen LogP contribution < -0.4 is 10.6 Å². The number of hydrogen-bond acceptors (Lipinski definition) is 7. The standard InChI is InChI=1S/C18H22BrN5O5/c1-10(23(5)17(26)29-18(2,3)4)15(25)22-16-20-13-8-6-7-12(19)11(13)9-14(21-16)24(27)28/h6-10H,1-5H3,(H2,20,21,22,25). The summed E-state index contributed by atoms with van der Waals surface area (Å²) in [4.78, 5) is 40.9. The number of nitrogens with zero attached hydrogens (tertiary/aromatic N) is 3. The second-order valence-electron chi connectivity index (χ2n) is 7.30. The minimum absolute atomic E-state index is 0.126. The van der Waals surface area contributed by atoms with Crippen LogP contribution in [0.25, 0.3) is 6.08 Å². The molecule has 0 aliphatic carbocycles. The molecule has 0 bridgehead atoms. The third-order valence-corrected chi connectivity index (χ3v) is 4.56. The molecule has 1 atom stereocenters. The summed E-state index contributed by atoms with van der Waals surface area (Å²) in [7, 11) is 1.43. The van der Waals surface area contributed by atoms with Crippen LogP contribution in [0.5, 0.6) is 0 Å².